The maximum Gasteiger partial charge on any atom is 0.365 e. The van der Waals surface area contributed by atoms with Crippen molar-refractivity contribution in [2.45, 2.75) is 13.0 Å². The summed E-state index contributed by atoms with van der Waals surface area (Å²) >= 11 is 3.20. The molecule has 1 aromatic rings. The van der Waals surface area contributed by atoms with Gasteiger partial charge in [0.15, 0.2) is 0 Å². The van der Waals surface area contributed by atoms with E-state index in [0.717, 1.165) is 31.1 Å². The van der Waals surface area contributed by atoms with Crippen molar-refractivity contribution in [2.75, 3.05) is 24.6 Å². The lowest BCUT2D eigenvalue weighted by Gasteiger charge is -2.17. The highest BCUT2D eigenvalue weighted by molar-refractivity contribution is 7.99. The highest BCUT2D eigenvalue weighted by Gasteiger charge is 2.13. The minimum absolute atomic E-state index is 0.194. The highest BCUT2D eigenvalue weighted by atomic mass is 32.2. The fourth-order valence-electron chi connectivity index (χ4n) is 1.66. The Labute approximate surface area is 103 Å². The molecule has 1 saturated heterocycles. The average molecular weight is 258 g/mol. The van der Waals surface area contributed by atoms with Gasteiger partial charge < -0.3 is 5.11 Å². The molecule has 6 heteroatoms. The van der Waals surface area contributed by atoms with Crippen molar-refractivity contribution in [1.29, 1.82) is 0 Å². The first-order chi connectivity index (χ1) is 7.75. The molecule has 0 amide bonds. The zero-order chi connectivity index (χ0) is 11.4. The van der Waals surface area contributed by atoms with Crippen LogP contribution in [0.2, 0.25) is 0 Å². The molecule has 0 aliphatic carbocycles. The summed E-state index contributed by atoms with van der Waals surface area (Å²) in [5.41, 5.74) is 0.884. The number of carbonyl (C=O) groups is 1. The summed E-state index contributed by atoms with van der Waals surface area (Å²) in [7, 11) is 0. The Morgan fingerprint density at radius 2 is 2.38 bits per heavy atom. The first-order valence-corrected chi connectivity index (χ1v) is 7.27. The minimum Gasteiger partial charge on any atom is -0.476 e. The van der Waals surface area contributed by atoms with Crippen molar-refractivity contribution < 1.29 is 9.90 Å². The molecule has 0 radical (unpaired) electrons. The largest absolute Gasteiger partial charge is 0.476 e. The van der Waals surface area contributed by atoms with Gasteiger partial charge in [0, 0.05) is 24.2 Å². The van der Waals surface area contributed by atoms with Crippen molar-refractivity contribution in [3.05, 3.63) is 16.1 Å². The zero-order valence-corrected chi connectivity index (χ0v) is 10.5. The van der Waals surface area contributed by atoms with E-state index in [0.29, 0.717) is 0 Å². The molecule has 0 unspecified atom stereocenters. The first kappa shape index (κ1) is 11.9. The second-order valence-corrected chi connectivity index (χ2v) is 5.77. The van der Waals surface area contributed by atoms with E-state index in [1.165, 1.54) is 23.5 Å². The molecule has 88 valence electrons. The van der Waals surface area contributed by atoms with Gasteiger partial charge >= 0.3 is 5.97 Å². The Bertz CT molecular complexity index is 359. The molecular formula is C10H14N2O2S2. The van der Waals surface area contributed by atoms with Crippen LogP contribution >= 0.6 is 23.1 Å². The van der Waals surface area contributed by atoms with Crippen LogP contribution in [-0.2, 0) is 6.54 Å². The van der Waals surface area contributed by atoms with Gasteiger partial charge in [-0.2, -0.15) is 11.8 Å². The van der Waals surface area contributed by atoms with E-state index in [2.05, 4.69) is 9.88 Å². The quantitative estimate of drug-likeness (QED) is 0.895. The summed E-state index contributed by atoms with van der Waals surface area (Å²) in [6, 6.07) is 0. The van der Waals surface area contributed by atoms with Crippen molar-refractivity contribution in [2.24, 2.45) is 0 Å². The van der Waals surface area contributed by atoms with Crippen LogP contribution in [-0.4, -0.2) is 45.6 Å². The van der Waals surface area contributed by atoms with Gasteiger partial charge in [-0.25, -0.2) is 9.78 Å². The monoisotopic (exact) mass is 258 g/mol. The zero-order valence-electron chi connectivity index (χ0n) is 8.89. The number of hydrogen-bond donors (Lipinski definition) is 1. The Morgan fingerprint density at radius 1 is 1.50 bits per heavy atom. The van der Waals surface area contributed by atoms with Crippen molar-refractivity contribution in [3.8, 4) is 0 Å². The molecule has 1 aromatic heterocycles. The van der Waals surface area contributed by atoms with Crippen LogP contribution in [0.15, 0.2) is 5.38 Å². The van der Waals surface area contributed by atoms with E-state index in [1.54, 1.807) is 0 Å². The average Bonchev–Trinajstić information content (AvgIpc) is 2.56. The first-order valence-electron chi connectivity index (χ1n) is 5.23. The molecule has 16 heavy (non-hydrogen) atoms. The van der Waals surface area contributed by atoms with E-state index in [9.17, 15) is 4.79 Å². The summed E-state index contributed by atoms with van der Waals surface area (Å²) in [6.45, 7) is 2.95. The molecular weight excluding hydrogens is 244 g/mol. The van der Waals surface area contributed by atoms with Crippen LogP contribution in [0.1, 0.15) is 21.9 Å². The predicted molar refractivity (Wildman–Crippen MR) is 66.3 cm³/mol. The third-order valence-corrected chi connectivity index (χ3v) is 4.36. The lowest BCUT2D eigenvalue weighted by Crippen LogP contribution is -2.25. The summed E-state index contributed by atoms with van der Waals surface area (Å²) in [5.74, 6) is 1.46. The van der Waals surface area contributed by atoms with Gasteiger partial charge in [-0.1, -0.05) is 0 Å². The van der Waals surface area contributed by atoms with Gasteiger partial charge in [-0.05, 0) is 18.7 Å². The highest BCUT2D eigenvalue weighted by Crippen LogP contribution is 2.15. The lowest BCUT2D eigenvalue weighted by molar-refractivity contribution is 0.0696. The number of carboxylic acid groups (broad SMARTS) is 1. The molecule has 1 N–H and O–H groups in total. The molecule has 4 nitrogen and oxygen atoms in total. The van der Waals surface area contributed by atoms with Crippen LogP contribution in [0, 0.1) is 0 Å². The van der Waals surface area contributed by atoms with Gasteiger partial charge in [0.05, 0.1) is 5.69 Å². The lowest BCUT2D eigenvalue weighted by atomic mass is 10.3. The number of aromatic carboxylic acids is 1. The molecule has 2 rings (SSSR count). The van der Waals surface area contributed by atoms with Gasteiger partial charge in [0.2, 0.25) is 5.01 Å². The number of aromatic nitrogens is 1. The molecule has 2 heterocycles. The normalized spacial score (nSPS) is 18.2. The van der Waals surface area contributed by atoms with Gasteiger partial charge in [-0.15, -0.1) is 11.3 Å². The molecule has 0 aromatic carbocycles. The number of nitrogens with zero attached hydrogens (tertiary/aromatic N) is 2. The maximum absolute atomic E-state index is 10.7. The Morgan fingerprint density at radius 3 is 3.12 bits per heavy atom. The summed E-state index contributed by atoms with van der Waals surface area (Å²) in [5, 5.41) is 10.8. The van der Waals surface area contributed by atoms with Gasteiger partial charge in [0.1, 0.15) is 0 Å². The van der Waals surface area contributed by atoms with E-state index < -0.39 is 5.97 Å². The second kappa shape index (κ2) is 5.65. The Balaban J connectivity index is 1.94. The second-order valence-electron chi connectivity index (χ2n) is 3.69. The standard InChI is InChI=1S/C10H14N2O2S2/c13-10(14)9-11-8(7-16-9)6-12-2-1-4-15-5-3-12/h7H,1-6H2,(H,13,14). The van der Waals surface area contributed by atoms with Gasteiger partial charge in [-0.3, -0.25) is 4.90 Å². The van der Waals surface area contributed by atoms with Gasteiger partial charge in [0.25, 0.3) is 0 Å². The van der Waals surface area contributed by atoms with Crippen molar-refractivity contribution in [1.82, 2.24) is 9.88 Å². The topological polar surface area (TPSA) is 53.4 Å². The minimum atomic E-state index is -0.928. The van der Waals surface area contributed by atoms with Crippen LogP contribution < -0.4 is 0 Å². The molecule has 0 spiro atoms. The van der Waals surface area contributed by atoms with E-state index in [4.69, 9.17) is 5.11 Å². The Kier molecular flexibility index (Phi) is 4.20. The van der Waals surface area contributed by atoms with E-state index in [-0.39, 0.29) is 5.01 Å². The Hall–Kier alpha value is -0.590. The van der Waals surface area contributed by atoms with Crippen LogP contribution in [0.5, 0.6) is 0 Å². The molecule has 1 aliphatic heterocycles. The van der Waals surface area contributed by atoms with Crippen molar-refractivity contribution >= 4 is 29.1 Å². The fourth-order valence-corrected chi connectivity index (χ4v) is 3.23. The van der Waals surface area contributed by atoms with Crippen LogP contribution in [0.4, 0.5) is 0 Å². The summed E-state index contributed by atoms with van der Waals surface area (Å²) in [4.78, 5) is 17.1. The van der Waals surface area contributed by atoms with Crippen LogP contribution in [0.3, 0.4) is 0 Å². The third kappa shape index (κ3) is 3.20. The number of hydrogen-bond acceptors (Lipinski definition) is 5. The van der Waals surface area contributed by atoms with E-state index >= 15 is 0 Å². The van der Waals surface area contributed by atoms with Crippen molar-refractivity contribution in [3.63, 3.8) is 0 Å². The molecule has 1 aliphatic rings. The summed E-state index contributed by atoms with van der Waals surface area (Å²) < 4.78 is 0. The molecule has 0 bridgehead atoms. The smallest absolute Gasteiger partial charge is 0.365 e. The van der Waals surface area contributed by atoms with E-state index in [1.807, 2.05) is 17.1 Å². The number of carboxylic acids is 1. The molecule has 1 fully saturated rings. The number of thiazole rings is 1. The molecule has 0 saturated carbocycles. The number of thioether (sulfide) groups is 1. The third-order valence-electron chi connectivity index (χ3n) is 2.44. The SMILES string of the molecule is O=C(O)c1nc(CN2CCCSCC2)cs1. The predicted octanol–water partition coefficient (Wildman–Crippen LogP) is 1.78. The maximum atomic E-state index is 10.7. The summed E-state index contributed by atoms with van der Waals surface area (Å²) in [6.07, 6.45) is 1.21. The number of rotatable bonds is 3. The fraction of sp³-hybridized carbons (Fsp3) is 0.600. The van der Waals surface area contributed by atoms with Crippen LogP contribution in [0.25, 0.3) is 0 Å². The molecule has 0 atom stereocenters.